The van der Waals surface area contributed by atoms with Gasteiger partial charge in [-0.15, -0.1) is 0 Å². The molecule has 0 aliphatic carbocycles. The minimum absolute atomic E-state index is 0.411. The van der Waals surface area contributed by atoms with E-state index in [1.807, 2.05) is 66.5 Å². The van der Waals surface area contributed by atoms with Crippen LogP contribution in [0.25, 0.3) is 0 Å². The highest BCUT2D eigenvalue weighted by Gasteiger charge is 2.38. The van der Waals surface area contributed by atoms with Gasteiger partial charge >= 0.3 is 0 Å². The Morgan fingerprint density at radius 2 is 1.72 bits per heavy atom. The van der Waals surface area contributed by atoms with Crippen LogP contribution in [-0.4, -0.2) is 18.7 Å². The van der Waals surface area contributed by atoms with E-state index in [0.29, 0.717) is 12.3 Å². The van der Waals surface area contributed by atoms with Gasteiger partial charge < -0.3 is 14.7 Å². The molecule has 0 radical (unpaired) electrons. The number of anilines is 1. The maximum absolute atomic E-state index is 10.7. The van der Waals surface area contributed by atoms with E-state index in [9.17, 15) is 5.11 Å². The second-order valence-corrected chi connectivity index (χ2v) is 4.58. The first kappa shape index (κ1) is 11.1. The average molecular weight is 241 g/mol. The zero-order chi connectivity index (χ0) is 12.6. The van der Waals surface area contributed by atoms with Crippen molar-refractivity contribution in [3.63, 3.8) is 0 Å². The number of β-amino-alcohol motifs (C(OH)–C–C–N with tert-alkyl or cyclic N) is 1. The summed E-state index contributed by atoms with van der Waals surface area (Å²) in [4.78, 5) is 2.01. The first-order valence-electron chi connectivity index (χ1n) is 5.96. The summed E-state index contributed by atoms with van der Waals surface area (Å²) >= 11 is 0. The summed E-state index contributed by atoms with van der Waals surface area (Å²) in [6, 6.07) is 17.2. The van der Waals surface area contributed by atoms with Gasteiger partial charge in [-0.3, -0.25) is 0 Å². The molecule has 2 aromatic rings. The van der Waals surface area contributed by atoms with Gasteiger partial charge in [-0.05, 0) is 12.1 Å². The van der Waals surface area contributed by atoms with Crippen molar-refractivity contribution in [3.8, 4) is 5.75 Å². The lowest BCUT2D eigenvalue weighted by Gasteiger charge is -2.39. The van der Waals surface area contributed by atoms with Crippen LogP contribution in [0.5, 0.6) is 5.75 Å². The number of likely N-dealkylation sites (N-methyl/N-ethyl adjacent to an activating group) is 1. The summed E-state index contributed by atoms with van der Waals surface area (Å²) in [6.07, 6.45) is 0. The van der Waals surface area contributed by atoms with Crippen molar-refractivity contribution in [2.24, 2.45) is 0 Å². The molecule has 0 fully saturated rings. The number of ether oxygens (including phenoxy) is 1. The molecule has 3 nitrogen and oxygen atoms in total. The second-order valence-electron chi connectivity index (χ2n) is 4.58. The van der Waals surface area contributed by atoms with Gasteiger partial charge in [0.05, 0.1) is 12.2 Å². The Bertz CT molecular complexity index is 555. The van der Waals surface area contributed by atoms with Crippen LogP contribution in [0.15, 0.2) is 54.6 Å². The molecule has 0 bridgehead atoms. The number of hydrogen-bond acceptors (Lipinski definition) is 3. The average Bonchev–Trinajstić information content (AvgIpc) is 2.40. The summed E-state index contributed by atoms with van der Waals surface area (Å²) in [6.45, 7) is 0.411. The molecule has 1 heterocycles. The summed E-state index contributed by atoms with van der Waals surface area (Å²) in [5.74, 6) is -0.581. The number of para-hydroxylation sites is 2. The normalized spacial score (nSPS) is 22.2. The van der Waals surface area contributed by atoms with Crippen molar-refractivity contribution in [2.75, 3.05) is 18.5 Å². The van der Waals surface area contributed by atoms with Gasteiger partial charge in [0.15, 0.2) is 0 Å². The van der Waals surface area contributed by atoms with E-state index in [1.54, 1.807) is 0 Å². The first-order chi connectivity index (χ1) is 8.69. The standard InChI is InChI=1S/C15H15NO2/c1-16-11-15(17,12-7-3-2-4-8-12)18-14-10-6-5-9-13(14)16/h2-10,17H,11H2,1H3. The molecular formula is C15H15NO2. The third-order valence-corrected chi connectivity index (χ3v) is 3.23. The SMILES string of the molecule is CN1CC(O)(c2ccccc2)Oc2ccccc21. The van der Waals surface area contributed by atoms with E-state index in [1.165, 1.54) is 0 Å². The van der Waals surface area contributed by atoms with E-state index >= 15 is 0 Å². The highest BCUT2D eigenvalue weighted by molar-refractivity contribution is 5.60. The summed E-state index contributed by atoms with van der Waals surface area (Å²) in [5.41, 5.74) is 1.77. The molecule has 3 heteroatoms. The largest absolute Gasteiger partial charge is 0.454 e. The predicted octanol–water partition coefficient (Wildman–Crippen LogP) is 2.36. The Morgan fingerprint density at radius 3 is 2.50 bits per heavy atom. The van der Waals surface area contributed by atoms with E-state index in [4.69, 9.17) is 4.74 Å². The summed E-state index contributed by atoms with van der Waals surface area (Å²) in [5, 5.41) is 10.7. The minimum atomic E-state index is -1.29. The zero-order valence-electron chi connectivity index (χ0n) is 10.2. The molecule has 0 aromatic heterocycles. The molecule has 1 aliphatic heterocycles. The molecule has 1 atom stereocenters. The van der Waals surface area contributed by atoms with Crippen molar-refractivity contribution >= 4 is 5.69 Å². The van der Waals surface area contributed by atoms with Crippen LogP contribution < -0.4 is 9.64 Å². The molecule has 3 rings (SSSR count). The van der Waals surface area contributed by atoms with Gasteiger partial charge in [0.2, 0.25) is 0 Å². The molecular weight excluding hydrogens is 226 g/mol. The third kappa shape index (κ3) is 1.73. The van der Waals surface area contributed by atoms with E-state index < -0.39 is 5.79 Å². The molecule has 18 heavy (non-hydrogen) atoms. The lowest BCUT2D eigenvalue weighted by atomic mass is 10.0. The van der Waals surface area contributed by atoms with Crippen LogP contribution in [0.3, 0.4) is 0 Å². The van der Waals surface area contributed by atoms with Crippen LogP contribution in [0.4, 0.5) is 5.69 Å². The Hall–Kier alpha value is -2.00. The Labute approximate surface area is 106 Å². The fourth-order valence-corrected chi connectivity index (χ4v) is 2.33. The van der Waals surface area contributed by atoms with Crippen LogP contribution in [0, 0.1) is 0 Å². The third-order valence-electron chi connectivity index (χ3n) is 3.23. The Kier molecular flexibility index (Phi) is 2.49. The zero-order valence-corrected chi connectivity index (χ0v) is 10.2. The van der Waals surface area contributed by atoms with Gasteiger partial charge in [0, 0.05) is 12.6 Å². The Morgan fingerprint density at radius 1 is 1.06 bits per heavy atom. The van der Waals surface area contributed by atoms with Crippen LogP contribution in [0.1, 0.15) is 5.56 Å². The molecule has 0 saturated heterocycles. The van der Waals surface area contributed by atoms with Gasteiger partial charge in [-0.25, -0.2) is 0 Å². The quantitative estimate of drug-likeness (QED) is 0.832. The summed E-state index contributed by atoms with van der Waals surface area (Å²) in [7, 11) is 1.95. The molecule has 0 saturated carbocycles. The van der Waals surface area contributed by atoms with E-state index in [-0.39, 0.29) is 0 Å². The molecule has 0 amide bonds. The number of hydrogen-bond donors (Lipinski definition) is 1. The molecule has 2 aromatic carbocycles. The lowest BCUT2D eigenvalue weighted by molar-refractivity contribution is -0.142. The maximum atomic E-state index is 10.7. The number of nitrogens with zero attached hydrogens (tertiary/aromatic N) is 1. The Balaban J connectivity index is 2.03. The van der Waals surface area contributed by atoms with Crippen LogP contribution in [0.2, 0.25) is 0 Å². The van der Waals surface area contributed by atoms with Crippen LogP contribution in [-0.2, 0) is 5.79 Å². The van der Waals surface area contributed by atoms with Gasteiger partial charge in [0.25, 0.3) is 5.79 Å². The van der Waals surface area contributed by atoms with E-state index in [0.717, 1.165) is 11.3 Å². The number of aliphatic hydroxyl groups is 1. The number of rotatable bonds is 1. The smallest absolute Gasteiger partial charge is 0.252 e. The van der Waals surface area contributed by atoms with Gasteiger partial charge in [-0.1, -0.05) is 42.5 Å². The second kappa shape index (κ2) is 4.03. The van der Waals surface area contributed by atoms with E-state index in [2.05, 4.69) is 0 Å². The monoisotopic (exact) mass is 241 g/mol. The van der Waals surface area contributed by atoms with Crippen molar-refractivity contribution in [2.45, 2.75) is 5.79 Å². The molecule has 0 spiro atoms. The molecule has 1 N–H and O–H groups in total. The van der Waals surface area contributed by atoms with Crippen molar-refractivity contribution in [1.29, 1.82) is 0 Å². The minimum Gasteiger partial charge on any atom is -0.454 e. The molecule has 1 aliphatic rings. The maximum Gasteiger partial charge on any atom is 0.252 e. The van der Waals surface area contributed by atoms with Crippen molar-refractivity contribution in [3.05, 3.63) is 60.2 Å². The molecule has 1 unspecified atom stereocenters. The highest BCUT2D eigenvalue weighted by atomic mass is 16.6. The first-order valence-corrected chi connectivity index (χ1v) is 5.96. The topological polar surface area (TPSA) is 32.7 Å². The number of benzene rings is 2. The van der Waals surface area contributed by atoms with Crippen molar-refractivity contribution < 1.29 is 9.84 Å². The van der Waals surface area contributed by atoms with Gasteiger partial charge in [-0.2, -0.15) is 0 Å². The molecule has 92 valence electrons. The number of fused-ring (bicyclic) bond motifs is 1. The van der Waals surface area contributed by atoms with Crippen LogP contribution >= 0.6 is 0 Å². The fourth-order valence-electron chi connectivity index (χ4n) is 2.33. The summed E-state index contributed by atoms with van der Waals surface area (Å²) < 4.78 is 5.79. The lowest BCUT2D eigenvalue weighted by Crippen LogP contribution is -2.47. The highest BCUT2D eigenvalue weighted by Crippen LogP contribution is 2.38. The van der Waals surface area contributed by atoms with Crippen molar-refractivity contribution in [1.82, 2.24) is 0 Å². The predicted molar refractivity (Wildman–Crippen MR) is 70.7 cm³/mol. The fraction of sp³-hybridized carbons (Fsp3) is 0.200. The van der Waals surface area contributed by atoms with Gasteiger partial charge in [0.1, 0.15) is 5.75 Å².